The van der Waals surface area contributed by atoms with Crippen LogP contribution in [-0.2, 0) is 0 Å². The van der Waals surface area contributed by atoms with Crippen molar-refractivity contribution in [3.05, 3.63) is 29.8 Å². The number of nitrogens with two attached hydrogens (primary N) is 1. The summed E-state index contributed by atoms with van der Waals surface area (Å²) in [5.74, 6) is 0.632. The molecule has 21 heavy (non-hydrogen) atoms. The van der Waals surface area contributed by atoms with Gasteiger partial charge in [0.05, 0.1) is 5.56 Å². The monoisotopic (exact) mass is 308 g/mol. The molecule has 0 aliphatic heterocycles. The first-order valence-corrected chi connectivity index (χ1v) is 7.88. The van der Waals surface area contributed by atoms with Gasteiger partial charge in [-0.3, -0.25) is 0 Å². The number of hydrogen-bond acceptors (Lipinski definition) is 4. The average molecular weight is 308 g/mol. The summed E-state index contributed by atoms with van der Waals surface area (Å²) in [5, 5.41) is 10.1. The van der Waals surface area contributed by atoms with E-state index in [9.17, 15) is 5.11 Å². The fourth-order valence-corrected chi connectivity index (χ4v) is 3.03. The first kappa shape index (κ1) is 16.2. The molecule has 1 fully saturated rings. The van der Waals surface area contributed by atoms with Gasteiger partial charge in [0.2, 0.25) is 0 Å². The van der Waals surface area contributed by atoms with E-state index >= 15 is 0 Å². The molecule has 2 rings (SSSR count). The van der Waals surface area contributed by atoms with Crippen LogP contribution in [-0.4, -0.2) is 47.3 Å². The van der Waals surface area contributed by atoms with Crippen molar-refractivity contribution in [2.75, 3.05) is 20.2 Å². The van der Waals surface area contributed by atoms with Crippen LogP contribution < -0.4 is 10.5 Å². The first-order valence-electron chi connectivity index (χ1n) is 7.48. The highest BCUT2D eigenvalue weighted by Crippen LogP contribution is 2.22. The smallest absolute Gasteiger partial charge is 0.129 e. The van der Waals surface area contributed by atoms with Crippen molar-refractivity contribution in [3.63, 3.8) is 0 Å². The summed E-state index contributed by atoms with van der Waals surface area (Å²) in [6, 6.07) is 7.99. The fourth-order valence-electron chi connectivity index (χ4n) is 2.86. The molecule has 1 aromatic carbocycles. The number of likely N-dealkylation sites (N-methyl/N-ethyl adjacent to an activating group) is 1. The van der Waals surface area contributed by atoms with E-state index < -0.39 is 6.10 Å². The van der Waals surface area contributed by atoms with Crippen molar-refractivity contribution < 1.29 is 9.84 Å². The van der Waals surface area contributed by atoms with Gasteiger partial charge in [-0.05, 0) is 32.0 Å². The van der Waals surface area contributed by atoms with Crippen LogP contribution in [0.15, 0.2) is 24.3 Å². The summed E-state index contributed by atoms with van der Waals surface area (Å²) in [4.78, 5) is 2.55. The molecule has 1 unspecified atom stereocenters. The minimum Gasteiger partial charge on any atom is -0.490 e. The molecule has 0 heterocycles. The number of aliphatic hydroxyl groups is 1. The third-order valence-electron chi connectivity index (χ3n) is 4.03. The third kappa shape index (κ3) is 4.66. The molecule has 0 saturated heterocycles. The lowest BCUT2D eigenvalue weighted by molar-refractivity contribution is 0.0638. The molecular formula is C16H24N2O2S. The highest BCUT2D eigenvalue weighted by atomic mass is 32.1. The van der Waals surface area contributed by atoms with Gasteiger partial charge in [-0.25, -0.2) is 0 Å². The average Bonchev–Trinajstić information content (AvgIpc) is 2.99. The van der Waals surface area contributed by atoms with Gasteiger partial charge in [-0.15, -0.1) is 0 Å². The zero-order valence-corrected chi connectivity index (χ0v) is 13.3. The number of aliphatic hydroxyl groups excluding tert-OH is 1. The Morgan fingerprint density at radius 3 is 2.76 bits per heavy atom. The highest BCUT2D eigenvalue weighted by Gasteiger charge is 2.21. The van der Waals surface area contributed by atoms with Gasteiger partial charge in [0.15, 0.2) is 0 Å². The molecule has 1 aliphatic carbocycles. The number of nitrogens with zero attached hydrogens (tertiary/aromatic N) is 1. The molecule has 5 heteroatoms. The molecule has 4 nitrogen and oxygen atoms in total. The van der Waals surface area contributed by atoms with Gasteiger partial charge in [0.25, 0.3) is 0 Å². The van der Waals surface area contributed by atoms with E-state index in [-0.39, 0.29) is 6.61 Å². The maximum atomic E-state index is 10.1. The molecule has 0 spiro atoms. The van der Waals surface area contributed by atoms with Crippen molar-refractivity contribution in [2.45, 2.75) is 37.8 Å². The van der Waals surface area contributed by atoms with Crippen LogP contribution in [0.4, 0.5) is 0 Å². The molecule has 1 aliphatic rings. The summed E-state index contributed by atoms with van der Waals surface area (Å²) in [6.45, 7) is 0.872. The minimum atomic E-state index is -0.519. The lowest BCUT2D eigenvalue weighted by Gasteiger charge is -2.26. The van der Waals surface area contributed by atoms with E-state index in [2.05, 4.69) is 11.9 Å². The van der Waals surface area contributed by atoms with Crippen molar-refractivity contribution in [3.8, 4) is 5.75 Å². The molecule has 116 valence electrons. The van der Waals surface area contributed by atoms with Gasteiger partial charge in [0.1, 0.15) is 23.4 Å². The molecule has 1 saturated carbocycles. The van der Waals surface area contributed by atoms with Gasteiger partial charge < -0.3 is 20.5 Å². The number of benzene rings is 1. The Morgan fingerprint density at radius 1 is 1.43 bits per heavy atom. The summed E-state index contributed by atoms with van der Waals surface area (Å²) in [7, 11) is 2.07. The van der Waals surface area contributed by atoms with E-state index in [0.29, 0.717) is 28.9 Å². The third-order valence-corrected chi connectivity index (χ3v) is 4.25. The van der Waals surface area contributed by atoms with Crippen LogP contribution in [0.1, 0.15) is 31.2 Å². The lowest BCUT2D eigenvalue weighted by atomic mass is 10.2. The summed E-state index contributed by atoms with van der Waals surface area (Å²) >= 11 is 5.00. The fraction of sp³-hybridized carbons (Fsp3) is 0.562. The molecule has 0 radical (unpaired) electrons. The molecule has 3 N–H and O–H groups in total. The molecule has 0 bridgehead atoms. The SMILES string of the molecule is CN(CC(O)COc1ccccc1C(N)=S)C1CCCC1. The Morgan fingerprint density at radius 2 is 2.10 bits per heavy atom. The van der Waals surface area contributed by atoms with Crippen LogP contribution in [0.25, 0.3) is 0 Å². The number of para-hydroxylation sites is 1. The second-order valence-electron chi connectivity index (χ2n) is 5.70. The quantitative estimate of drug-likeness (QED) is 0.754. The topological polar surface area (TPSA) is 58.7 Å². The van der Waals surface area contributed by atoms with E-state index in [1.54, 1.807) is 0 Å². The van der Waals surface area contributed by atoms with Gasteiger partial charge in [-0.1, -0.05) is 37.2 Å². The van der Waals surface area contributed by atoms with Crippen LogP contribution >= 0.6 is 12.2 Å². The predicted octanol–water partition coefficient (Wildman–Crippen LogP) is 1.93. The Hall–Kier alpha value is -1.17. The molecule has 0 amide bonds. The van der Waals surface area contributed by atoms with Crippen molar-refractivity contribution >= 4 is 17.2 Å². The molecule has 1 aromatic rings. The van der Waals surface area contributed by atoms with Crippen LogP contribution in [0.5, 0.6) is 5.75 Å². The zero-order valence-electron chi connectivity index (χ0n) is 12.5. The zero-order chi connectivity index (χ0) is 15.2. The van der Waals surface area contributed by atoms with Crippen LogP contribution in [0.2, 0.25) is 0 Å². The Kier molecular flexibility index (Phi) is 5.96. The first-order chi connectivity index (χ1) is 10.1. The maximum Gasteiger partial charge on any atom is 0.129 e. The largest absolute Gasteiger partial charge is 0.490 e. The van der Waals surface area contributed by atoms with Crippen LogP contribution in [0.3, 0.4) is 0 Å². The lowest BCUT2D eigenvalue weighted by Crippen LogP contribution is -2.38. The normalized spacial score (nSPS) is 17.1. The number of rotatable bonds is 7. The van der Waals surface area contributed by atoms with Crippen molar-refractivity contribution in [1.29, 1.82) is 0 Å². The second-order valence-corrected chi connectivity index (χ2v) is 6.14. The van der Waals surface area contributed by atoms with E-state index in [0.717, 1.165) is 0 Å². The number of thiocarbonyl (C=S) groups is 1. The second kappa shape index (κ2) is 7.73. The van der Waals surface area contributed by atoms with E-state index in [1.165, 1.54) is 25.7 Å². The number of ether oxygens (including phenoxy) is 1. The molecular weight excluding hydrogens is 284 g/mol. The standard InChI is InChI=1S/C16H24N2O2S/c1-18(12-6-2-3-7-12)10-13(19)11-20-15-9-5-4-8-14(15)16(17)21/h4-5,8-9,12-13,19H,2-3,6-7,10-11H2,1H3,(H2,17,21). The van der Waals surface area contributed by atoms with Crippen LogP contribution in [0, 0.1) is 0 Å². The maximum absolute atomic E-state index is 10.1. The van der Waals surface area contributed by atoms with Gasteiger partial charge >= 0.3 is 0 Å². The van der Waals surface area contributed by atoms with Crippen molar-refractivity contribution in [1.82, 2.24) is 4.90 Å². The highest BCUT2D eigenvalue weighted by molar-refractivity contribution is 7.80. The predicted molar refractivity (Wildman–Crippen MR) is 88.7 cm³/mol. The summed E-state index contributed by atoms with van der Waals surface area (Å²) in [5.41, 5.74) is 6.38. The molecule has 0 aromatic heterocycles. The molecule has 1 atom stereocenters. The Balaban J connectivity index is 1.83. The van der Waals surface area contributed by atoms with Gasteiger partial charge in [0, 0.05) is 12.6 Å². The minimum absolute atomic E-state index is 0.247. The van der Waals surface area contributed by atoms with Crippen molar-refractivity contribution in [2.24, 2.45) is 5.73 Å². The summed E-state index contributed by atoms with van der Waals surface area (Å²) < 4.78 is 5.68. The number of hydrogen-bond donors (Lipinski definition) is 2. The van der Waals surface area contributed by atoms with Gasteiger partial charge in [-0.2, -0.15) is 0 Å². The van der Waals surface area contributed by atoms with E-state index in [4.69, 9.17) is 22.7 Å². The Labute approximate surface area is 131 Å². The summed E-state index contributed by atoms with van der Waals surface area (Å²) in [6.07, 6.45) is 4.53. The van der Waals surface area contributed by atoms with E-state index in [1.807, 2.05) is 24.3 Å². The Bertz CT molecular complexity index is 475.